The monoisotopic (exact) mass is 338 g/mol. The molecule has 2 aromatic rings. The summed E-state index contributed by atoms with van der Waals surface area (Å²) in [6.07, 6.45) is 0.945. The summed E-state index contributed by atoms with van der Waals surface area (Å²) < 4.78 is 26.9. The normalized spacial score (nSPS) is 18.3. The molecular formula is C17H20F2N2OS. The average Bonchev–Trinajstić information content (AvgIpc) is 2.97. The Bertz CT molecular complexity index is 668. The van der Waals surface area contributed by atoms with E-state index in [4.69, 9.17) is 0 Å². The van der Waals surface area contributed by atoms with Crippen LogP contribution in [0.4, 0.5) is 8.78 Å². The average molecular weight is 338 g/mol. The third-order valence-corrected chi connectivity index (χ3v) is 5.45. The van der Waals surface area contributed by atoms with Crippen LogP contribution in [0.15, 0.2) is 23.6 Å². The van der Waals surface area contributed by atoms with Crippen LogP contribution in [0.3, 0.4) is 0 Å². The summed E-state index contributed by atoms with van der Waals surface area (Å²) in [5, 5.41) is 13.5. The Hall–Kier alpha value is -1.37. The van der Waals surface area contributed by atoms with Crippen molar-refractivity contribution >= 4 is 11.3 Å². The van der Waals surface area contributed by atoms with E-state index < -0.39 is 17.7 Å². The summed E-state index contributed by atoms with van der Waals surface area (Å²) in [7, 11) is 0. The van der Waals surface area contributed by atoms with Crippen LogP contribution in [-0.4, -0.2) is 34.6 Å². The van der Waals surface area contributed by atoms with E-state index in [0.717, 1.165) is 49.8 Å². The summed E-state index contributed by atoms with van der Waals surface area (Å²) in [6.45, 7) is 3.98. The summed E-state index contributed by atoms with van der Waals surface area (Å²) in [5.41, 5.74) is 1.09. The van der Waals surface area contributed by atoms with E-state index in [9.17, 15) is 13.9 Å². The molecule has 0 radical (unpaired) electrons. The molecule has 0 aliphatic carbocycles. The van der Waals surface area contributed by atoms with Crippen molar-refractivity contribution in [2.24, 2.45) is 0 Å². The van der Waals surface area contributed by atoms with Crippen molar-refractivity contribution in [1.29, 1.82) is 0 Å². The Balaban J connectivity index is 1.57. The molecule has 3 nitrogen and oxygen atoms in total. The standard InChI is InChI=1S/C17H20F2N2OS/c1-11-10-23-17(20-11)12-4-6-21(7-5-12)9-16(22)14-8-13(18)2-3-15(14)19/h2-3,8,10,12,16,22H,4-7,9H2,1H3. The van der Waals surface area contributed by atoms with Gasteiger partial charge in [-0.1, -0.05) is 0 Å². The van der Waals surface area contributed by atoms with Gasteiger partial charge in [-0.25, -0.2) is 13.8 Å². The van der Waals surface area contributed by atoms with Gasteiger partial charge in [0, 0.05) is 29.1 Å². The highest BCUT2D eigenvalue weighted by Gasteiger charge is 2.25. The van der Waals surface area contributed by atoms with Crippen molar-refractivity contribution < 1.29 is 13.9 Å². The lowest BCUT2D eigenvalue weighted by Gasteiger charge is -2.32. The minimum absolute atomic E-state index is 0.0303. The van der Waals surface area contributed by atoms with Crippen molar-refractivity contribution in [3.8, 4) is 0 Å². The summed E-state index contributed by atoms with van der Waals surface area (Å²) in [5.74, 6) is -0.627. The van der Waals surface area contributed by atoms with Gasteiger partial charge in [0.05, 0.1) is 11.1 Å². The molecule has 1 saturated heterocycles. The summed E-state index contributed by atoms with van der Waals surface area (Å²) >= 11 is 1.70. The van der Waals surface area contributed by atoms with Crippen LogP contribution in [0.25, 0.3) is 0 Å². The smallest absolute Gasteiger partial charge is 0.129 e. The van der Waals surface area contributed by atoms with Gasteiger partial charge >= 0.3 is 0 Å². The van der Waals surface area contributed by atoms with Crippen LogP contribution in [0.5, 0.6) is 0 Å². The van der Waals surface area contributed by atoms with Crippen molar-refractivity contribution in [2.75, 3.05) is 19.6 Å². The predicted molar refractivity (Wildman–Crippen MR) is 86.6 cm³/mol. The molecule has 1 atom stereocenters. The maximum atomic E-state index is 13.7. The minimum Gasteiger partial charge on any atom is -0.387 e. The number of rotatable bonds is 4. The van der Waals surface area contributed by atoms with E-state index in [2.05, 4.69) is 15.3 Å². The fraction of sp³-hybridized carbons (Fsp3) is 0.471. The topological polar surface area (TPSA) is 36.4 Å². The number of nitrogens with zero attached hydrogens (tertiary/aromatic N) is 2. The number of aliphatic hydroxyl groups is 1. The first-order chi connectivity index (χ1) is 11.0. The van der Waals surface area contributed by atoms with Gasteiger partial charge in [0.1, 0.15) is 11.6 Å². The molecule has 124 valence electrons. The van der Waals surface area contributed by atoms with Crippen LogP contribution in [0.1, 0.15) is 41.1 Å². The Labute approximate surface area is 138 Å². The molecule has 1 unspecified atom stereocenters. The molecule has 1 fully saturated rings. The Morgan fingerprint density at radius 3 is 2.74 bits per heavy atom. The van der Waals surface area contributed by atoms with Crippen molar-refractivity contribution in [1.82, 2.24) is 9.88 Å². The number of piperidine rings is 1. The van der Waals surface area contributed by atoms with Crippen LogP contribution >= 0.6 is 11.3 Å². The number of halogens is 2. The van der Waals surface area contributed by atoms with Crippen LogP contribution < -0.4 is 0 Å². The zero-order valence-electron chi connectivity index (χ0n) is 13.0. The van der Waals surface area contributed by atoms with E-state index in [1.165, 1.54) is 5.01 Å². The number of hydrogen-bond donors (Lipinski definition) is 1. The number of aryl methyl sites for hydroxylation is 1. The first-order valence-electron chi connectivity index (χ1n) is 7.80. The summed E-state index contributed by atoms with van der Waals surface area (Å²) in [6, 6.07) is 3.20. The molecule has 0 bridgehead atoms. The quantitative estimate of drug-likeness (QED) is 0.924. The van der Waals surface area contributed by atoms with E-state index in [1.807, 2.05) is 6.92 Å². The second-order valence-corrected chi connectivity index (χ2v) is 6.97. The van der Waals surface area contributed by atoms with Gasteiger partial charge in [-0.05, 0) is 51.1 Å². The van der Waals surface area contributed by atoms with Gasteiger partial charge in [0.25, 0.3) is 0 Å². The zero-order valence-corrected chi connectivity index (χ0v) is 13.8. The number of thiazole rings is 1. The molecule has 1 aliphatic heterocycles. The minimum atomic E-state index is -1.01. The molecule has 0 amide bonds. The highest BCUT2D eigenvalue weighted by molar-refractivity contribution is 7.09. The SMILES string of the molecule is Cc1csc(C2CCN(CC(O)c3cc(F)ccc3F)CC2)n1. The maximum Gasteiger partial charge on any atom is 0.129 e. The summed E-state index contributed by atoms with van der Waals surface area (Å²) in [4.78, 5) is 6.65. The molecule has 0 saturated carbocycles. The van der Waals surface area contributed by atoms with Gasteiger partial charge < -0.3 is 10.0 Å². The van der Waals surface area contributed by atoms with Crippen LogP contribution in [0, 0.1) is 18.6 Å². The molecule has 2 heterocycles. The van der Waals surface area contributed by atoms with Gasteiger partial charge in [-0.3, -0.25) is 0 Å². The van der Waals surface area contributed by atoms with Gasteiger partial charge in [-0.15, -0.1) is 11.3 Å². The van der Waals surface area contributed by atoms with Gasteiger partial charge in [-0.2, -0.15) is 0 Å². The Morgan fingerprint density at radius 1 is 1.35 bits per heavy atom. The van der Waals surface area contributed by atoms with Gasteiger partial charge in [0.15, 0.2) is 0 Å². The van der Waals surface area contributed by atoms with Crippen LogP contribution in [0.2, 0.25) is 0 Å². The lowest BCUT2D eigenvalue weighted by atomic mass is 9.97. The van der Waals surface area contributed by atoms with E-state index in [0.29, 0.717) is 12.5 Å². The van der Waals surface area contributed by atoms with E-state index >= 15 is 0 Å². The molecule has 1 aromatic carbocycles. The fourth-order valence-electron chi connectivity index (χ4n) is 3.04. The van der Waals surface area contributed by atoms with E-state index in [1.54, 1.807) is 11.3 Å². The fourth-order valence-corrected chi connectivity index (χ4v) is 4.00. The molecule has 23 heavy (non-hydrogen) atoms. The molecular weight excluding hydrogens is 318 g/mol. The van der Waals surface area contributed by atoms with Crippen molar-refractivity contribution in [3.05, 3.63) is 51.5 Å². The predicted octanol–water partition coefficient (Wildman–Crippen LogP) is 3.64. The highest BCUT2D eigenvalue weighted by Crippen LogP contribution is 2.31. The third kappa shape index (κ3) is 3.94. The number of aliphatic hydroxyl groups excluding tert-OH is 1. The first-order valence-corrected chi connectivity index (χ1v) is 8.68. The number of aromatic nitrogens is 1. The Morgan fingerprint density at radius 2 is 2.09 bits per heavy atom. The molecule has 1 N–H and O–H groups in total. The lowest BCUT2D eigenvalue weighted by molar-refractivity contribution is 0.0945. The number of hydrogen-bond acceptors (Lipinski definition) is 4. The zero-order chi connectivity index (χ0) is 16.4. The number of β-amino-alcohol motifs (C(OH)–C–C–N with tert-alkyl or cyclic N) is 1. The second-order valence-electron chi connectivity index (χ2n) is 6.08. The molecule has 6 heteroatoms. The molecule has 0 spiro atoms. The largest absolute Gasteiger partial charge is 0.387 e. The lowest BCUT2D eigenvalue weighted by Crippen LogP contribution is -2.36. The third-order valence-electron chi connectivity index (χ3n) is 4.32. The van der Waals surface area contributed by atoms with Crippen LogP contribution in [-0.2, 0) is 0 Å². The number of likely N-dealkylation sites (tertiary alicyclic amines) is 1. The number of benzene rings is 1. The maximum absolute atomic E-state index is 13.7. The van der Waals surface area contributed by atoms with Crippen molar-refractivity contribution in [3.63, 3.8) is 0 Å². The van der Waals surface area contributed by atoms with E-state index in [-0.39, 0.29) is 5.56 Å². The van der Waals surface area contributed by atoms with Crippen molar-refractivity contribution in [2.45, 2.75) is 31.8 Å². The first kappa shape index (κ1) is 16.5. The molecule has 3 rings (SSSR count). The van der Waals surface area contributed by atoms with Gasteiger partial charge in [0.2, 0.25) is 0 Å². The highest BCUT2D eigenvalue weighted by atomic mass is 32.1. The molecule has 1 aromatic heterocycles. The molecule has 1 aliphatic rings. The Kier molecular flexibility index (Phi) is 5.04. The second kappa shape index (κ2) is 7.03.